The van der Waals surface area contributed by atoms with E-state index in [2.05, 4.69) is 70.1 Å². The Morgan fingerprint density at radius 3 is 2.76 bits per heavy atom. The minimum absolute atomic E-state index is 0.207. The number of aryl methyl sites for hydroxylation is 1. The summed E-state index contributed by atoms with van der Waals surface area (Å²) >= 11 is 1.78. The van der Waals surface area contributed by atoms with E-state index in [1.807, 2.05) is 7.05 Å². The van der Waals surface area contributed by atoms with Gasteiger partial charge in [-0.3, -0.25) is 4.99 Å². The van der Waals surface area contributed by atoms with E-state index in [0.29, 0.717) is 0 Å². The van der Waals surface area contributed by atoms with Gasteiger partial charge in [-0.25, -0.2) is 0 Å². The van der Waals surface area contributed by atoms with Gasteiger partial charge in [0.2, 0.25) is 0 Å². The van der Waals surface area contributed by atoms with Crippen molar-refractivity contribution in [2.24, 2.45) is 4.99 Å². The van der Waals surface area contributed by atoms with Crippen molar-refractivity contribution in [1.82, 2.24) is 10.6 Å². The molecule has 0 spiro atoms. The first-order valence-corrected chi connectivity index (χ1v) is 9.90. The molecule has 2 N–H and O–H groups in total. The van der Waals surface area contributed by atoms with Gasteiger partial charge in [-0.05, 0) is 61.4 Å². The predicted octanol–water partition coefficient (Wildman–Crippen LogP) is 4.08. The second-order valence-electron chi connectivity index (χ2n) is 6.61. The van der Waals surface area contributed by atoms with E-state index in [4.69, 9.17) is 0 Å². The number of rotatable bonds is 5. The fourth-order valence-electron chi connectivity index (χ4n) is 3.20. The first-order chi connectivity index (χ1) is 12.2. The summed E-state index contributed by atoms with van der Waals surface area (Å²) in [6.45, 7) is 7.50. The van der Waals surface area contributed by atoms with Crippen LogP contribution in [0.1, 0.15) is 41.8 Å². The molecular weight excluding hydrogens is 328 g/mol. The van der Waals surface area contributed by atoms with Crippen molar-refractivity contribution in [3.63, 3.8) is 0 Å². The zero-order valence-corrected chi connectivity index (χ0v) is 16.2. The fourth-order valence-corrected chi connectivity index (χ4v) is 4.04. The molecule has 0 bridgehead atoms. The van der Waals surface area contributed by atoms with Crippen LogP contribution in [0.25, 0.3) is 0 Å². The number of guanidine groups is 1. The Hall–Kier alpha value is -2.01. The highest BCUT2D eigenvalue weighted by Crippen LogP contribution is 2.24. The third-order valence-corrected chi connectivity index (χ3v) is 5.83. The molecule has 1 aliphatic rings. The topological polar surface area (TPSA) is 39.7 Å². The average Bonchev–Trinajstić information content (AvgIpc) is 3.30. The molecule has 1 aliphatic heterocycles. The van der Waals surface area contributed by atoms with Gasteiger partial charge in [0.05, 0.1) is 12.6 Å². The van der Waals surface area contributed by atoms with Crippen molar-refractivity contribution in [3.05, 3.63) is 51.7 Å². The molecule has 25 heavy (non-hydrogen) atoms. The summed E-state index contributed by atoms with van der Waals surface area (Å²) in [5.74, 6) is 0.840. The lowest BCUT2D eigenvalue weighted by Crippen LogP contribution is -2.38. The minimum Gasteiger partial charge on any atom is -0.372 e. The molecule has 0 amide bonds. The average molecular weight is 357 g/mol. The molecule has 0 aliphatic carbocycles. The molecule has 4 nitrogen and oxygen atoms in total. The third kappa shape index (κ3) is 4.54. The lowest BCUT2D eigenvalue weighted by atomic mass is 10.1. The van der Waals surface area contributed by atoms with E-state index in [0.717, 1.165) is 12.5 Å². The lowest BCUT2D eigenvalue weighted by molar-refractivity contribution is 0.686. The zero-order chi connectivity index (χ0) is 17.6. The Labute approximate surface area is 155 Å². The molecule has 1 saturated heterocycles. The number of benzene rings is 1. The standard InChI is InChI=1S/C20H28N4S/c1-15-9-12-25-19(15)14-22-20(21-3)23-16(2)17-7-6-8-18(13-17)24-10-4-5-11-24/h6-9,12-13,16H,4-5,10-11,14H2,1-3H3,(H2,21,22,23). The summed E-state index contributed by atoms with van der Waals surface area (Å²) < 4.78 is 0. The van der Waals surface area contributed by atoms with Crippen LogP contribution in [0.3, 0.4) is 0 Å². The van der Waals surface area contributed by atoms with Crippen LogP contribution < -0.4 is 15.5 Å². The van der Waals surface area contributed by atoms with E-state index in [1.165, 1.54) is 47.6 Å². The molecule has 2 heterocycles. The van der Waals surface area contributed by atoms with Gasteiger partial charge in [0.15, 0.2) is 5.96 Å². The number of anilines is 1. The highest BCUT2D eigenvalue weighted by Gasteiger charge is 2.14. The molecule has 134 valence electrons. The highest BCUT2D eigenvalue weighted by atomic mass is 32.1. The molecule has 1 atom stereocenters. The fraction of sp³-hybridized carbons (Fsp3) is 0.450. The first kappa shape index (κ1) is 17.8. The van der Waals surface area contributed by atoms with E-state index in [-0.39, 0.29) is 6.04 Å². The Bertz CT molecular complexity index is 716. The summed E-state index contributed by atoms with van der Waals surface area (Å²) in [6.07, 6.45) is 2.60. The molecule has 1 unspecified atom stereocenters. The minimum atomic E-state index is 0.207. The van der Waals surface area contributed by atoms with Crippen LogP contribution in [0.5, 0.6) is 0 Å². The number of thiophene rings is 1. The lowest BCUT2D eigenvalue weighted by Gasteiger charge is -2.22. The molecule has 1 aromatic heterocycles. The maximum Gasteiger partial charge on any atom is 0.191 e. The molecular formula is C20H28N4S. The highest BCUT2D eigenvalue weighted by molar-refractivity contribution is 7.10. The largest absolute Gasteiger partial charge is 0.372 e. The summed E-state index contributed by atoms with van der Waals surface area (Å²) in [7, 11) is 1.82. The van der Waals surface area contributed by atoms with Gasteiger partial charge < -0.3 is 15.5 Å². The van der Waals surface area contributed by atoms with Crippen LogP contribution in [0, 0.1) is 6.92 Å². The number of nitrogens with one attached hydrogen (secondary N) is 2. The van der Waals surface area contributed by atoms with Gasteiger partial charge in [-0.2, -0.15) is 0 Å². The van der Waals surface area contributed by atoms with Gasteiger partial charge in [0.1, 0.15) is 0 Å². The first-order valence-electron chi connectivity index (χ1n) is 9.02. The van der Waals surface area contributed by atoms with E-state index in [1.54, 1.807) is 11.3 Å². The number of hydrogen-bond acceptors (Lipinski definition) is 3. The Morgan fingerprint density at radius 1 is 1.28 bits per heavy atom. The molecule has 0 radical (unpaired) electrons. The second-order valence-corrected chi connectivity index (χ2v) is 7.61. The molecule has 3 rings (SSSR count). The zero-order valence-electron chi connectivity index (χ0n) is 15.4. The van der Waals surface area contributed by atoms with E-state index >= 15 is 0 Å². The second kappa shape index (κ2) is 8.39. The van der Waals surface area contributed by atoms with Crippen LogP contribution in [-0.2, 0) is 6.54 Å². The summed E-state index contributed by atoms with van der Waals surface area (Å²) in [5, 5.41) is 9.06. The van der Waals surface area contributed by atoms with Crippen molar-refractivity contribution in [1.29, 1.82) is 0 Å². The van der Waals surface area contributed by atoms with Crippen LogP contribution >= 0.6 is 11.3 Å². The van der Waals surface area contributed by atoms with Crippen molar-refractivity contribution < 1.29 is 0 Å². The monoisotopic (exact) mass is 356 g/mol. The van der Waals surface area contributed by atoms with Gasteiger partial charge in [-0.15, -0.1) is 11.3 Å². The van der Waals surface area contributed by atoms with Crippen molar-refractivity contribution in [2.45, 2.75) is 39.3 Å². The van der Waals surface area contributed by atoms with Crippen LogP contribution in [-0.4, -0.2) is 26.1 Å². The molecule has 2 aromatic rings. The third-order valence-electron chi connectivity index (χ3n) is 4.80. The molecule has 5 heteroatoms. The number of nitrogens with zero attached hydrogens (tertiary/aromatic N) is 2. The summed E-state index contributed by atoms with van der Waals surface area (Å²) in [6, 6.07) is 11.2. The maximum absolute atomic E-state index is 4.37. The van der Waals surface area contributed by atoms with Gasteiger partial charge in [-0.1, -0.05) is 12.1 Å². The van der Waals surface area contributed by atoms with Crippen molar-refractivity contribution >= 4 is 23.0 Å². The van der Waals surface area contributed by atoms with Crippen molar-refractivity contribution in [2.75, 3.05) is 25.0 Å². The Kier molecular flexibility index (Phi) is 5.97. The molecule has 1 fully saturated rings. The summed E-state index contributed by atoms with van der Waals surface area (Å²) in [5.41, 5.74) is 3.96. The van der Waals surface area contributed by atoms with Gasteiger partial charge >= 0.3 is 0 Å². The van der Waals surface area contributed by atoms with Gasteiger partial charge in [0.25, 0.3) is 0 Å². The Morgan fingerprint density at radius 2 is 2.08 bits per heavy atom. The molecule has 1 aromatic carbocycles. The smallest absolute Gasteiger partial charge is 0.191 e. The predicted molar refractivity (Wildman–Crippen MR) is 109 cm³/mol. The Balaban J connectivity index is 1.61. The van der Waals surface area contributed by atoms with Crippen LogP contribution in [0.4, 0.5) is 5.69 Å². The quantitative estimate of drug-likeness (QED) is 0.626. The normalized spacial score (nSPS) is 16.1. The van der Waals surface area contributed by atoms with Gasteiger partial charge in [0, 0.05) is 30.7 Å². The van der Waals surface area contributed by atoms with Crippen molar-refractivity contribution in [3.8, 4) is 0 Å². The number of hydrogen-bond donors (Lipinski definition) is 2. The van der Waals surface area contributed by atoms with E-state index < -0.39 is 0 Å². The van der Waals surface area contributed by atoms with Crippen LogP contribution in [0.2, 0.25) is 0 Å². The number of aliphatic imine (C=N–C) groups is 1. The molecule has 0 saturated carbocycles. The van der Waals surface area contributed by atoms with E-state index in [9.17, 15) is 0 Å². The SMILES string of the molecule is CN=C(NCc1sccc1C)NC(C)c1cccc(N2CCCC2)c1. The summed E-state index contributed by atoms with van der Waals surface area (Å²) in [4.78, 5) is 8.20. The maximum atomic E-state index is 4.37. The van der Waals surface area contributed by atoms with Crippen LogP contribution in [0.15, 0.2) is 40.7 Å².